The standard InChI is InChI=1S/C28H26F9NO2/c1-40-24(39)25(11-2-3-12-25)20-10-13-38(23(15-20)17-4-6-19(7-5-17)26(29,30)31)16-18-14-21(27(32,33)34)8-9-22(18)28(35,36)37/h2-9,14,20,23H,10-13,15-16H2,1H3. The zero-order valence-electron chi connectivity index (χ0n) is 21.3. The third kappa shape index (κ3) is 6.01. The molecule has 3 nitrogen and oxygen atoms in total. The van der Waals surface area contributed by atoms with Crippen LogP contribution in [0, 0.1) is 11.3 Å². The van der Waals surface area contributed by atoms with Gasteiger partial charge in [0.25, 0.3) is 0 Å². The lowest BCUT2D eigenvalue weighted by Crippen LogP contribution is -2.45. The van der Waals surface area contributed by atoms with E-state index in [0.717, 1.165) is 12.1 Å². The molecule has 1 saturated heterocycles. The second-order valence-electron chi connectivity index (χ2n) is 10.2. The average Bonchev–Trinajstić information content (AvgIpc) is 3.38. The van der Waals surface area contributed by atoms with E-state index in [1.807, 2.05) is 12.2 Å². The summed E-state index contributed by atoms with van der Waals surface area (Å²) in [4.78, 5) is 14.4. The summed E-state index contributed by atoms with van der Waals surface area (Å²) in [7, 11) is 1.25. The van der Waals surface area contributed by atoms with Crippen LogP contribution in [0.1, 0.15) is 59.5 Å². The van der Waals surface area contributed by atoms with Gasteiger partial charge in [-0.2, -0.15) is 39.5 Å². The van der Waals surface area contributed by atoms with Gasteiger partial charge < -0.3 is 4.74 Å². The van der Waals surface area contributed by atoms with E-state index in [0.29, 0.717) is 43.0 Å². The molecule has 0 aromatic heterocycles. The van der Waals surface area contributed by atoms with Crippen LogP contribution in [0.25, 0.3) is 0 Å². The van der Waals surface area contributed by atoms with Gasteiger partial charge in [0.15, 0.2) is 0 Å². The molecule has 0 N–H and O–H groups in total. The highest BCUT2D eigenvalue weighted by Crippen LogP contribution is 2.51. The van der Waals surface area contributed by atoms with Crippen molar-refractivity contribution in [3.63, 3.8) is 0 Å². The fourth-order valence-electron chi connectivity index (χ4n) is 5.88. The van der Waals surface area contributed by atoms with Crippen molar-refractivity contribution in [1.29, 1.82) is 0 Å². The number of allylic oxidation sites excluding steroid dienone is 2. The van der Waals surface area contributed by atoms with Gasteiger partial charge in [-0.05, 0) is 79.6 Å². The molecule has 1 aliphatic heterocycles. The predicted molar refractivity (Wildman–Crippen MR) is 127 cm³/mol. The van der Waals surface area contributed by atoms with Crippen molar-refractivity contribution in [1.82, 2.24) is 4.90 Å². The van der Waals surface area contributed by atoms with Crippen molar-refractivity contribution in [3.05, 3.63) is 82.4 Å². The van der Waals surface area contributed by atoms with Crippen LogP contribution >= 0.6 is 0 Å². The number of ether oxygens (including phenoxy) is 1. The quantitative estimate of drug-likeness (QED) is 0.203. The maximum absolute atomic E-state index is 13.8. The van der Waals surface area contributed by atoms with Crippen molar-refractivity contribution in [2.24, 2.45) is 11.3 Å². The van der Waals surface area contributed by atoms with E-state index in [2.05, 4.69) is 0 Å². The Labute approximate surface area is 224 Å². The van der Waals surface area contributed by atoms with E-state index < -0.39 is 64.8 Å². The number of hydrogen-bond acceptors (Lipinski definition) is 3. The Bertz CT molecular complexity index is 1240. The van der Waals surface area contributed by atoms with E-state index in [1.54, 1.807) is 0 Å². The van der Waals surface area contributed by atoms with Crippen molar-refractivity contribution < 1.29 is 49.0 Å². The molecule has 2 aromatic rings. The van der Waals surface area contributed by atoms with Gasteiger partial charge in [-0.15, -0.1) is 0 Å². The normalized spacial score (nSPS) is 21.9. The largest absolute Gasteiger partial charge is 0.469 e. The molecular formula is C28H26F9NO2. The fraction of sp³-hybridized carbons (Fsp3) is 0.464. The van der Waals surface area contributed by atoms with Crippen LogP contribution in [-0.4, -0.2) is 24.5 Å². The number of nitrogens with zero attached hydrogens (tertiary/aromatic N) is 1. The lowest BCUT2D eigenvalue weighted by molar-refractivity contribution is -0.158. The van der Waals surface area contributed by atoms with Crippen molar-refractivity contribution >= 4 is 5.97 Å². The van der Waals surface area contributed by atoms with Gasteiger partial charge in [0.2, 0.25) is 0 Å². The maximum atomic E-state index is 13.8. The molecule has 4 rings (SSSR count). The third-order valence-corrected chi connectivity index (χ3v) is 7.95. The summed E-state index contributed by atoms with van der Waals surface area (Å²) in [5.41, 5.74) is -4.55. The number of likely N-dealkylation sites (tertiary alicyclic amines) is 1. The summed E-state index contributed by atoms with van der Waals surface area (Å²) in [6.45, 7) is -0.427. The zero-order valence-corrected chi connectivity index (χ0v) is 21.3. The number of carbonyl (C=O) groups excluding carboxylic acids is 1. The first-order valence-electron chi connectivity index (χ1n) is 12.5. The molecule has 0 bridgehead atoms. The molecule has 2 unspecified atom stereocenters. The molecule has 2 aliphatic rings. The van der Waals surface area contributed by atoms with Gasteiger partial charge >= 0.3 is 24.5 Å². The minimum atomic E-state index is -4.92. The molecule has 1 fully saturated rings. The van der Waals surface area contributed by atoms with Crippen LogP contribution in [0.4, 0.5) is 39.5 Å². The first kappa shape index (κ1) is 30.0. The van der Waals surface area contributed by atoms with Gasteiger partial charge in [-0.25, -0.2) is 0 Å². The number of esters is 1. The van der Waals surface area contributed by atoms with Gasteiger partial charge in [0, 0.05) is 12.6 Å². The Morgan fingerprint density at radius 2 is 1.45 bits per heavy atom. The van der Waals surface area contributed by atoms with Crippen molar-refractivity contribution in [2.75, 3.05) is 13.7 Å². The van der Waals surface area contributed by atoms with E-state index in [1.165, 1.54) is 24.1 Å². The van der Waals surface area contributed by atoms with E-state index >= 15 is 0 Å². The monoisotopic (exact) mass is 579 g/mol. The van der Waals surface area contributed by atoms with E-state index in [4.69, 9.17) is 4.74 Å². The molecule has 2 atom stereocenters. The van der Waals surface area contributed by atoms with Crippen LogP contribution in [-0.2, 0) is 34.6 Å². The number of hydrogen-bond donors (Lipinski definition) is 0. The number of piperidine rings is 1. The minimum absolute atomic E-state index is 0.0998. The highest BCUT2D eigenvalue weighted by Gasteiger charge is 2.50. The number of methoxy groups -OCH3 is 1. The summed E-state index contributed by atoms with van der Waals surface area (Å²) in [6, 6.07) is 4.63. The molecule has 0 spiro atoms. The van der Waals surface area contributed by atoms with E-state index in [9.17, 15) is 44.3 Å². The first-order chi connectivity index (χ1) is 18.6. The maximum Gasteiger partial charge on any atom is 0.416 e. The average molecular weight is 580 g/mol. The summed E-state index contributed by atoms with van der Waals surface area (Å²) in [5.74, 6) is -0.790. The number of alkyl halides is 9. The Balaban J connectivity index is 1.74. The Morgan fingerprint density at radius 3 is 1.98 bits per heavy atom. The van der Waals surface area contributed by atoms with Crippen LogP contribution in [0.3, 0.4) is 0 Å². The van der Waals surface area contributed by atoms with Crippen LogP contribution < -0.4 is 0 Å². The molecule has 2 aromatic carbocycles. The second-order valence-corrected chi connectivity index (χ2v) is 10.2. The number of rotatable bonds is 5. The highest BCUT2D eigenvalue weighted by molar-refractivity contribution is 5.78. The first-order valence-corrected chi connectivity index (χ1v) is 12.5. The summed E-state index contributed by atoms with van der Waals surface area (Å²) in [6.07, 6.45) is -9.50. The molecule has 40 heavy (non-hydrogen) atoms. The molecule has 12 heteroatoms. The summed E-state index contributed by atoms with van der Waals surface area (Å²) in [5, 5.41) is 0. The van der Waals surface area contributed by atoms with Crippen molar-refractivity contribution in [2.45, 2.75) is 56.8 Å². The van der Waals surface area contributed by atoms with Gasteiger partial charge in [0.1, 0.15) is 0 Å². The lowest BCUT2D eigenvalue weighted by atomic mass is 9.67. The summed E-state index contributed by atoms with van der Waals surface area (Å²) < 4.78 is 126. The van der Waals surface area contributed by atoms with Crippen LogP contribution in [0.15, 0.2) is 54.6 Å². The molecule has 0 saturated carbocycles. The third-order valence-electron chi connectivity index (χ3n) is 7.95. The molecule has 218 valence electrons. The van der Waals surface area contributed by atoms with Crippen LogP contribution in [0.2, 0.25) is 0 Å². The molecular weight excluding hydrogens is 553 g/mol. The Morgan fingerprint density at radius 1 is 0.875 bits per heavy atom. The molecule has 1 aliphatic carbocycles. The fourth-order valence-corrected chi connectivity index (χ4v) is 5.88. The smallest absolute Gasteiger partial charge is 0.416 e. The Hall–Kier alpha value is -3.02. The highest BCUT2D eigenvalue weighted by atomic mass is 19.4. The second kappa shape index (κ2) is 10.8. The number of carbonyl (C=O) groups is 1. The lowest BCUT2D eigenvalue weighted by Gasteiger charge is -2.45. The zero-order chi connectivity index (χ0) is 29.5. The van der Waals surface area contributed by atoms with Gasteiger partial charge in [0.05, 0.1) is 29.2 Å². The number of benzene rings is 2. The van der Waals surface area contributed by atoms with E-state index in [-0.39, 0.29) is 18.9 Å². The molecule has 0 radical (unpaired) electrons. The molecule has 0 amide bonds. The van der Waals surface area contributed by atoms with Gasteiger partial charge in [-0.1, -0.05) is 24.3 Å². The topological polar surface area (TPSA) is 29.5 Å². The summed E-state index contributed by atoms with van der Waals surface area (Å²) >= 11 is 0. The minimum Gasteiger partial charge on any atom is -0.469 e. The number of halogens is 9. The SMILES string of the molecule is COC(=O)C1(C2CCN(Cc3cc(C(F)(F)F)ccc3C(F)(F)F)C(c3ccc(C(F)(F)F)cc3)C2)CC=CC1. The van der Waals surface area contributed by atoms with Crippen LogP contribution in [0.5, 0.6) is 0 Å². The Kier molecular flexibility index (Phi) is 8.05. The van der Waals surface area contributed by atoms with Crippen molar-refractivity contribution in [3.8, 4) is 0 Å². The molecule has 1 heterocycles. The van der Waals surface area contributed by atoms with Gasteiger partial charge in [-0.3, -0.25) is 9.69 Å². The predicted octanol–water partition coefficient (Wildman–Crippen LogP) is 8.21.